The van der Waals surface area contributed by atoms with Crippen molar-refractivity contribution in [1.29, 1.82) is 0 Å². The summed E-state index contributed by atoms with van der Waals surface area (Å²) in [5.41, 5.74) is 8.00. The van der Waals surface area contributed by atoms with Crippen LogP contribution < -0.4 is 0 Å². The quantitative estimate of drug-likeness (QED) is 0.181. The van der Waals surface area contributed by atoms with Crippen LogP contribution in [0.4, 0.5) is 0 Å². The molecule has 0 saturated heterocycles. The molecule has 0 fully saturated rings. The second kappa shape index (κ2) is 11.4. The average molecular weight is 738 g/mol. The largest absolute Gasteiger partial charge is 0.208 e. The van der Waals surface area contributed by atoms with Crippen LogP contribution in [0.25, 0.3) is 107 Å². The lowest BCUT2D eigenvalue weighted by atomic mass is 9.82. The lowest BCUT2D eigenvalue weighted by molar-refractivity contribution is 0.660. The van der Waals surface area contributed by atoms with Gasteiger partial charge < -0.3 is 0 Å². The molecule has 3 aromatic heterocycles. The van der Waals surface area contributed by atoms with E-state index in [1.807, 2.05) is 22.7 Å². The molecular formula is C50H31N3S2. The molecule has 0 radical (unpaired) electrons. The van der Waals surface area contributed by atoms with Crippen molar-refractivity contribution in [2.75, 3.05) is 0 Å². The van der Waals surface area contributed by atoms with Gasteiger partial charge in [0.05, 0.1) is 0 Å². The van der Waals surface area contributed by atoms with E-state index in [2.05, 4.69) is 166 Å². The molecule has 0 saturated carbocycles. The predicted octanol–water partition coefficient (Wildman–Crippen LogP) is 14.2. The first-order valence-electron chi connectivity index (χ1n) is 18.7. The first kappa shape index (κ1) is 31.1. The van der Waals surface area contributed by atoms with Crippen molar-refractivity contribution in [3.63, 3.8) is 0 Å². The molecule has 11 aromatic rings. The highest BCUT2D eigenvalue weighted by Gasteiger charge is 2.37. The van der Waals surface area contributed by atoms with Crippen LogP contribution in [-0.2, 0) is 5.41 Å². The standard InChI is InChI=1S/C50H31N3S2/c1-50(2)38-22-10-7-18-32(38)42-35(21-13-23-39(42)50)47-51-48(36-26-28-14-3-5-16-30(28)45-43(36)33-19-8-11-24-40(33)54-45)53-49(52-47)37-27-29-15-4-6-17-31(29)46-44(37)34-20-9-12-25-41(34)55-46/h3-27H,1-2H3. The number of nitrogens with zero attached hydrogens (tertiary/aromatic N) is 3. The maximum atomic E-state index is 5.54. The van der Waals surface area contributed by atoms with Gasteiger partial charge in [0.2, 0.25) is 0 Å². The molecule has 0 bridgehead atoms. The number of rotatable bonds is 3. The summed E-state index contributed by atoms with van der Waals surface area (Å²) in [4.78, 5) is 16.6. The van der Waals surface area contributed by atoms with Gasteiger partial charge in [-0.3, -0.25) is 0 Å². The molecule has 12 rings (SSSR count). The van der Waals surface area contributed by atoms with Crippen LogP contribution in [0, 0.1) is 0 Å². The second-order valence-corrected chi connectivity index (χ2v) is 17.2. The number of aromatic nitrogens is 3. The molecule has 8 aromatic carbocycles. The molecule has 0 amide bonds. The minimum Gasteiger partial charge on any atom is -0.208 e. The molecule has 0 atom stereocenters. The van der Waals surface area contributed by atoms with E-state index in [4.69, 9.17) is 15.0 Å². The van der Waals surface area contributed by atoms with Gasteiger partial charge >= 0.3 is 0 Å². The van der Waals surface area contributed by atoms with Crippen molar-refractivity contribution in [2.24, 2.45) is 0 Å². The van der Waals surface area contributed by atoms with E-state index in [-0.39, 0.29) is 5.41 Å². The van der Waals surface area contributed by atoms with Crippen LogP contribution >= 0.6 is 22.7 Å². The van der Waals surface area contributed by atoms with Gasteiger partial charge in [0.15, 0.2) is 17.5 Å². The Hall–Kier alpha value is -6.27. The molecule has 0 aliphatic heterocycles. The highest BCUT2D eigenvalue weighted by Crippen LogP contribution is 2.52. The molecule has 0 spiro atoms. The van der Waals surface area contributed by atoms with Crippen molar-refractivity contribution in [2.45, 2.75) is 19.3 Å². The van der Waals surface area contributed by atoms with Crippen molar-refractivity contribution < 1.29 is 0 Å². The first-order valence-corrected chi connectivity index (χ1v) is 20.3. The highest BCUT2D eigenvalue weighted by atomic mass is 32.1. The second-order valence-electron chi connectivity index (χ2n) is 15.1. The van der Waals surface area contributed by atoms with Crippen LogP contribution in [0.1, 0.15) is 25.0 Å². The topological polar surface area (TPSA) is 38.7 Å². The Morgan fingerprint density at radius 2 is 0.836 bits per heavy atom. The number of thiophene rings is 2. The fraction of sp³-hybridized carbons (Fsp3) is 0.0600. The first-order chi connectivity index (χ1) is 27.0. The zero-order chi connectivity index (χ0) is 36.4. The van der Waals surface area contributed by atoms with Gasteiger partial charge in [-0.15, -0.1) is 22.7 Å². The Bertz CT molecular complexity index is 3250. The Balaban J connectivity index is 1.24. The lowest BCUT2D eigenvalue weighted by Crippen LogP contribution is -2.14. The predicted molar refractivity (Wildman–Crippen MR) is 234 cm³/mol. The van der Waals surface area contributed by atoms with E-state index >= 15 is 0 Å². The molecule has 0 unspecified atom stereocenters. The minimum absolute atomic E-state index is 0.152. The third-order valence-electron chi connectivity index (χ3n) is 11.7. The van der Waals surface area contributed by atoms with Crippen LogP contribution in [-0.4, -0.2) is 15.0 Å². The molecule has 3 heterocycles. The molecule has 1 aliphatic carbocycles. The molecule has 0 N–H and O–H groups in total. The van der Waals surface area contributed by atoms with E-state index in [0.29, 0.717) is 17.5 Å². The Morgan fingerprint density at radius 1 is 0.400 bits per heavy atom. The summed E-state index contributed by atoms with van der Waals surface area (Å²) < 4.78 is 5.02. The monoisotopic (exact) mass is 737 g/mol. The average Bonchev–Trinajstić information content (AvgIpc) is 3.89. The Morgan fingerprint density at radius 3 is 1.42 bits per heavy atom. The van der Waals surface area contributed by atoms with Crippen molar-refractivity contribution in [3.8, 4) is 45.3 Å². The van der Waals surface area contributed by atoms with E-state index in [1.165, 1.54) is 84.1 Å². The molecule has 3 nitrogen and oxygen atoms in total. The fourth-order valence-corrected chi connectivity index (χ4v) is 11.7. The Kier molecular flexibility index (Phi) is 6.43. The third-order valence-corrected chi connectivity index (χ3v) is 14.1. The lowest BCUT2D eigenvalue weighted by Gasteiger charge is -2.21. The molecule has 258 valence electrons. The maximum absolute atomic E-state index is 5.54. The summed E-state index contributed by atoms with van der Waals surface area (Å²) >= 11 is 3.69. The van der Waals surface area contributed by atoms with Crippen molar-refractivity contribution in [3.05, 3.63) is 163 Å². The van der Waals surface area contributed by atoms with Gasteiger partial charge in [-0.2, -0.15) is 0 Å². The number of fused-ring (bicyclic) bond motifs is 13. The van der Waals surface area contributed by atoms with Crippen LogP contribution in [0.5, 0.6) is 0 Å². The number of hydrogen-bond acceptors (Lipinski definition) is 5. The zero-order valence-corrected chi connectivity index (χ0v) is 31.7. The third kappa shape index (κ3) is 4.39. The molecule has 5 heteroatoms. The number of hydrogen-bond donors (Lipinski definition) is 0. The highest BCUT2D eigenvalue weighted by molar-refractivity contribution is 7.27. The van der Waals surface area contributed by atoms with E-state index in [1.54, 1.807) is 0 Å². The Labute approximate surface area is 325 Å². The summed E-state index contributed by atoms with van der Waals surface area (Å²) in [7, 11) is 0. The van der Waals surface area contributed by atoms with Gasteiger partial charge in [0.25, 0.3) is 0 Å². The molecule has 55 heavy (non-hydrogen) atoms. The summed E-state index contributed by atoms with van der Waals surface area (Å²) in [6.45, 7) is 4.65. The summed E-state index contributed by atoms with van der Waals surface area (Å²) in [6, 6.07) is 54.9. The minimum atomic E-state index is -0.152. The van der Waals surface area contributed by atoms with Gasteiger partial charge in [0.1, 0.15) is 0 Å². The molecular weight excluding hydrogens is 707 g/mol. The fourth-order valence-electron chi connectivity index (χ4n) is 9.15. The normalized spacial score (nSPS) is 13.4. The smallest absolute Gasteiger partial charge is 0.164 e. The van der Waals surface area contributed by atoms with E-state index in [9.17, 15) is 0 Å². The van der Waals surface area contributed by atoms with Gasteiger partial charge in [-0.05, 0) is 68.1 Å². The summed E-state index contributed by atoms with van der Waals surface area (Å²) in [5.74, 6) is 2.05. The van der Waals surface area contributed by atoms with E-state index < -0.39 is 0 Å². The van der Waals surface area contributed by atoms with Crippen LogP contribution in [0.15, 0.2) is 152 Å². The number of benzene rings is 8. The van der Waals surface area contributed by atoms with Crippen LogP contribution in [0.3, 0.4) is 0 Å². The summed E-state index contributed by atoms with van der Waals surface area (Å²) in [5, 5.41) is 9.67. The zero-order valence-electron chi connectivity index (χ0n) is 30.1. The maximum Gasteiger partial charge on any atom is 0.164 e. The van der Waals surface area contributed by atoms with Gasteiger partial charge in [0, 0.05) is 62.4 Å². The summed E-state index contributed by atoms with van der Waals surface area (Å²) in [6.07, 6.45) is 0. The molecule has 1 aliphatic rings. The van der Waals surface area contributed by atoms with Gasteiger partial charge in [-0.1, -0.05) is 141 Å². The van der Waals surface area contributed by atoms with E-state index in [0.717, 1.165) is 16.7 Å². The van der Waals surface area contributed by atoms with Crippen LogP contribution in [0.2, 0.25) is 0 Å². The van der Waals surface area contributed by atoms with Gasteiger partial charge in [-0.25, -0.2) is 15.0 Å². The van der Waals surface area contributed by atoms with Crippen molar-refractivity contribution >= 4 is 84.6 Å². The van der Waals surface area contributed by atoms with Crippen molar-refractivity contribution in [1.82, 2.24) is 15.0 Å². The SMILES string of the molecule is CC1(C)c2ccccc2-c2c(-c3nc(-c4cc5ccccc5c5sc6ccccc6c45)nc(-c4cc5ccccc5c5sc6ccccc6c45)n3)cccc21.